The molecule has 0 bridgehead atoms. The Hall–Kier alpha value is -3.74. The number of anilines is 1. The molecule has 1 amide bonds. The van der Waals surface area contributed by atoms with E-state index in [1.165, 1.54) is 30.8 Å². The number of nitrogens with one attached hydrogen (secondary N) is 1. The molecule has 1 aromatic carbocycles. The van der Waals surface area contributed by atoms with Gasteiger partial charge in [-0.1, -0.05) is 22.9 Å². The number of hydrogen-bond acceptors (Lipinski definition) is 8. The van der Waals surface area contributed by atoms with Crippen LogP contribution in [0.4, 0.5) is 5.13 Å². The molecule has 0 fully saturated rings. The summed E-state index contributed by atoms with van der Waals surface area (Å²) in [7, 11) is 1.53. The first-order chi connectivity index (χ1) is 15.5. The van der Waals surface area contributed by atoms with E-state index in [0.717, 1.165) is 10.4 Å². The van der Waals surface area contributed by atoms with E-state index in [4.69, 9.17) is 26.3 Å². The molecule has 4 aromatic rings. The number of fused-ring (bicyclic) bond motifs is 1. The van der Waals surface area contributed by atoms with Crippen molar-refractivity contribution >= 4 is 44.2 Å². The topological polar surface area (TPSA) is 110 Å². The van der Waals surface area contributed by atoms with Gasteiger partial charge in [0, 0.05) is 29.1 Å². The van der Waals surface area contributed by atoms with Crippen molar-refractivity contribution in [2.75, 3.05) is 19.0 Å². The number of hydrogen-bond donors (Lipinski definition) is 1. The smallest absolute Gasteiger partial charge is 0.259 e. The summed E-state index contributed by atoms with van der Waals surface area (Å²) in [5, 5.41) is 12.2. The first-order valence-corrected chi connectivity index (χ1v) is 10.6. The summed E-state index contributed by atoms with van der Waals surface area (Å²) in [4.78, 5) is 25.9. The van der Waals surface area contributed by atoms with Crippen LogP contribution in [-0.4, -0.2) is 34.6 Å². The lowest BCUT2D eigenvalue weighted by Crippen LogP contribution is -2.14. The average molecular weight is 466 g/mol. The van der Waals surface area contributed by atoms with Gasteiger partial charge in [0.1, 0.15) is 22.7 Å². The molecule has 0 saturated heterocycles. The van der Waals surface area contributed by atoms with Crippen LogP contribution >= 0.6 is 22.9 Å². The van der Waals surface area contributed by atoms with Crippen LogP contribution < -0.4 is 14.8 Å². The molecule has 10 heteroatoms. The minimum Gasteiger partial charge on any atom is -0.494 e. The zero-order chi connectivity index (χ0) is 22.7. The number of carbonyl (C=O) groups excluding carboxylic acids is 1. The summed E-state index contributed by atoms with van der Waals surface area (Å²) >= 11 is 7.42. The van der Waals surface area contributed by atoms with Gasteiger partial charge in [-0.05, 0) is 31.2 Å². The van der Waals surface area contributed by atoms with Crippen molar-refractivity contribution in [2.24, 2.45) is 0 Å². The van der Waals surface area contributed by atoms with E-state index in [1.807, 2.05) is 19.1 Å². The van der Waals surface area contributed by atoms with Crippen LogP contribution in [0.3, 0.4) is 0 Å². The Morgan fingerprint density at radius 1 is 1.22 bits per heavy atom. The van der Waals surface area contributed by atoms with E-state index in [9.17, 15) is 4.79 Å². The molecule has 0 spiro atoms. The molecule has 0 saturated carbocycles. The third-order valence-corrected chi connectivity index (χ3v) is 5.67. The standard InChI is InChI=1S/C22H16ClN5O3S/c1-12-7-14(15-9-20(23)26-11-18(15)30-2)16(10-25-12)21(29)28-22-27-17-8-13(31-6-5-24)3-4-19(17)32-22/h3-4,7-11H,6H2,1-2H3,(H,27,28,29). The predicted octanol–water partition coefficient (Wildman–Crippen LogP) is 4.88. The normalized spacial score (nSPS) is 10.6. The van der Waals surface area contributed by atoms with Crippen molar-refractivity contribution in [2.45, 2.75) is 6.92 Å². The van der Waals surface area contributed by atoms with Crippen molar-refractivity contribution in [3.8, 4) is 28.7 Å². The summed E-state index contributed by atoms with van der Waals surface area (Å²) in [6.07, 6.45) is 3.02. The van der Waals surface area contributed by atoms with Gasteiger partial charge in [-0.2, -0.15) is 5.26 Å². The second-order valence-electron chi connectivity index (χ2n) is 6.63. The maximum absolute atomic E-state index is 13.2. The molecule has 3 aromatic heterocycles. The zero-order valence-electron chi connectivity index (χ0n) is 17.0. The Kier molecular flexibility index (Phi) is 6.16. The van der Waals surface area contributed by atoms with Gasteiger partial charge in [-0.3, -0.25) is 15.1 Å². The highest BCUT2D eigenvalue weighted by Crippen LogP contribution is 2.35. The van der Waals surface area contributed by atoms with Gasteiger partial charge in [0.05, 0.1) is 29.1 Å². The van der Waals surface area contributed by atoms with Crippen LogP contribution in [0.15, 0.2) is 42.7 Å². The van der Waals surface area contributed by atoms with E-state index in [-0.39, 0.29) is 17.7 Å². The third-order valence-electron chi connectivity index (χ3n) is 4.51. The monoisotopic (exact) mass is 465 g/mol. The van der Waals surface area contributed by atoms with Gasteiger partial charge in [0.15, 0.2) is 11.7 Å². The van der Waals surface area contributed by atoms with Gasteiger partial charge < -0.3 is 9.47 Å². The van der Waals surface area contributed by atoms with Gasteiger partial charge in [-0.25, -0.2) is 9.97 Å². The highest BCUT2D eigenvalue weighted by molar-refractivity contribution is 7.22. The lowest BCUT2D eigenvalue weighted by Gasteiger charge is -2.13. The minimum atomic E-state index is -0.373. The number of thiazole rings is 1. The third kappa shape index (κ3) is 4.46. The van der Waals surface area contributed by atoms with E-state index in [2.05, 4.69) is 20.3 Å². The second kappa shape index (κ2) is 9.18. The molecule has 0 radical (unpaired) electrons. The van der Waals surface area contributed by atoms with Gasteiger partial charge in [-0.15, -0.1) is 0 Å². The van der Waals surface area contributed by atoms with Crippen LogP contribution in [0.1, 0.15) is 16.1 Å². The van der Waals surface area contributed by atoms with Gasteiger partial charge in [0.25, 0.3) is 5.91 Å². The number of aromatic nitrogens is 3. The first-order valence-electron chi connectivity index (χ1n) is 9.36. The molecule has 3 heterocycles. The molecule has 8 nitrogen and oxygen atoms in total. The number of ether oxygens (including phenoxy) is 2. The van der Waals surface area contributed by atoms with Crippen LogP contribution in [0, 0.1) is 18.3 Å². The maximum atomic E-state index is 13.2. The number of methoxy groups -OCH3 is 1. The summed E-state index contributed by atoms with van der Waals surface area (Å²) in [6, 6.07) is 10.7. The molecule has 0 aliphatic carbocycles. The Bertz CT molecular complexity index is 1370. The number of nitriles is 1. The number of rotatable bonds is 6. The molecule has 1 N–H and O–H groups in total. The molecule has 160 valence electrons. The molecule has 32 heavy (non-hydrogen) atoms. The van der Waals surface area contributed by atoms with Crippen LogP contribution in [-0.2, 0) is 0 Å². The molecule has 0 aliphatic rings. The Morgan fingerprint density at radius 3 is 2.84 bits per heavy atom. The van der Waals surface area contributed by atoms with E-state index in [1.54, 1.807) is 24.3 Å². The largest absolute Gasteiger partial charge is 0.494 e. The van der Waals surface area contributed by atoms with Gasteiger partial charge in [0.2, 0.25) is 0 Å². The molecular weight excluding hydrogens is 450 g/mol. The van der Waals surface area contributed by atoms with Crippen molar-refractivity contribution in [1.82, 2.24) is 15.0 Å². The molecule has 0 aliphatic heterocycles. The van der Waals surface area contributed by atoms with Crippen molar-refractivity contribution in [3.63, 3.8) is 0 Å². The highest BCUT2D eigenvalue weighted by Gasteiger charge is 2.19. The number of carbonyl (C=O) groups is 1. The van der Waals surface area contributed by atoms with Gasteiger partial charge >= 0.3 is 0 Å². The molecule has 0 unspecified atom stereocenters. The Morgan fingerprint density at radius 2 is 2.06 bits per heavy atom. The number of aryl methyl sites for hydroxylation is 1. The lowest BCUT2D eigenvalue weighted by molar-refractivity contribution is 0.102. The predicted molar refractivity (Wildman–Crippen MR) is 122 cm³/mol. The molecule has 4 rings (SSSR count). The van der Waals surface area contributed by atoms with Crippen molar-refractivity contribution in [3.05, 3.63) is 59.1 Å². The number of benzene rings is 1. The van der Waals surface area contributed by atoms with E-state index < -0.39 is 0 Å². The zero-order valence-corrected chi connectivity index (χ0v) is 18.6. The Balaban J connectivity index is 1.67. The number of pyridine rings is 2. The Labute approximate surface area is 192 Å². The lowest BCUT2D eigenvalue weighted by atomic mass is 10.0. The summed E-state index contributed by atoms with van der Waals surface area (Å²) in [5.74, 6) is 0.648. The second-order valence-corrected chi connectivity index (χ2v) is 8.05. The average Bonchev–Trinajstić information content (AvgIpc) is 3.18. The van der Waals surface area contributed by atoms with Crippen molar-refractivity contribution < 1.29 is 14.3 Å². The summed E-state index contributed by atoms with van der Waals surface area (Å²) < 4.78 is 11.6. The number of amides is 1. The molecule has 0 atom stereocenters. The first kappa shape index (κ1) is 21.5. The van der Waals surface area contributed by atoms with E-state index in [0.29, 0.717) is 38.8 Å². The summed E-state index contributed by atoms with van der Waals surface area (Å²) in [5.41, 5.74) is 2.98. The number of halogens is 1. The van der Waals surface area contributed by atoms with Crippen LogP contribution in [0.5, 0.6) is 11.5 Å². The minimum absolute atomic E-state index is 0.0507. The molecular formula is C22H16ClN5O3S. The maximum Gasteiger partial charge on any atom is 0.259 e. The quantitative estimate of drug-likeness (QED) is 0.404. The number of nitrogens with zero attached hydrogens (tertiary/aromatic N) is 4. The highest BCUT2D eigenvalue weighted by atomic mass is 35.5. The van der Waals surface area contributed by atoms with Crippen LogP contribution in [0.25, 0.3) is 21.3 Å². The van der Waals surface area contributed by atoms with Crippen molar-refractivity contribution in [1.29, 1.82) is 5.26 Å². The van der Waals surface area contributed by atoms with E-state index >= 15 is 0 Å². The summed E-state index contributed by atoms with van der Waals surface area (Å²) in [6.45, 7) is 1.78. The van der Waals surface area contributed by atoms with Crippen LogP contribution in [0.2, 0.25) is 5.15 Å². The SMILES string of the molecule is COc1cnc(Cl)cc1-c1cc(C)ncc1C(=O)Nc1nc2cc(OCC#N)ccc2s1. The fraction of sp³-hybridized carbons (Fsp3) is 0.136. The fourth-order valence-electron chi connectivity index (χ4n) is 3.08. The fourth-order valence-corrected chi connectivity index (χ4v) is 4.08.